The zero-order valence-electron chi connectivity index (χ0n) is 18.9. The van der Waals surface area contributed by atoms with Crippen LogP contribution in [0.4, 0.5) is 5.69 Å². The SMILES string of the molecule is COc1ccc2c(c1)Oc1ccccc1N=C2N1CCCN(C(=O)c2cccc(C#N)c2)CC1. The molecule has 0 N–H and O–H groups in total. The molecule has 2 aliphatic heterocycles. The van der Waals surface area contributed by atoms with E-state index in [0.717, 1.165) is 30.1 Å². The Kier molecular flexibility index (Phi) is 5.88. The lowest BCUT2D eigenvalue weighted by Gasteiger charge is -2.25. The summed E-state index contributed by atoms with van der Waals surface area (Å²) in [6, 6.07) is 22.4. The molecule has 1 amide bonds. The van der Waals surface area contributed by atoms with Crippen molar-refractivity contribution >= 4 is 17.4 Å². The van der Waals surface area contributed by atoms with Crippen LogP contribution in [-0.4, -0.2) is 54.8 Å². The number of ether oxygens (including phenoxy) is 2. The highest BCUT2D eigenvalue weighted by atomic mass is 16.5. The van der Waals surface area contributed by atoms with Crippen molar-refractivity contribution in [3.8, 4) is 23.3 Å². The predicted molar refractivity (Wildman–Crippen MR) is 129 cm³/mol. The number of hydrogen-bond donors (Lipinski definition) is 0. The average molecular weight is 453 g/mol. The molecule has 0 aliphatic carbocycles. The molecule has 0 spiro atoms. The monoisotopic (exact) mass is 452 g/mol. The first-order valence-corrected chi connectivity index (χ1v) is 11.2. The van der Waals surface area contributed by atoms with Gasteiger partial charge in [-0.05, 0) is 48.9 Å². The number of nitriles is 1. The summed E-state index contributed by atoms with van der Waals surface area (Å²) in [4.78, 5) is 22.2. The maximum atomic E-state index is 13.1. The van der Waals surface area contributed by atoms with E-state index in [0.29, 0.717) is 48.0 Å². The van der Waals surface area contributed by atoms with Gasteiger partial charge in [0.2, 0.25) is 0 Å². The molecule has 0 aromatic heterocycles. The van der Waals surface area contributed by atoms with Crippen molar-refractivity contribution in [2.75, 3.05) is 33.3 Å². The number of methoxy groups -OCH3 is 1. The van der Waals surface area contributed by atoms with Crippen LogP contribution in [0.1, 0.15) is 27.9 Å². The standard InChI is InChI=1S/C27H24N4O3/c1-33-21-10-11-22-25(17-21)34-24-9-3-2-8-23(24)29-26(22)30-12-5-13-31(15-14-30)27(32)20-7-4-6-19(16-20)18-28/h2-4,6-11,16-17H,5,12-15H2,1H3. The lowest BCUT2D eigenvalue weighted by Crippen LogP contribution is -2.37. The van der Waals surface area contributed by atoms with Crippen molar-refractivity contribution in [1.29, 1.82) is 5.26 Å². The van der Waals surface area contributed by atoms with Gasteiger partial charge in [0.15, 0.2) is 5.75 Å². The zero-order chi connectivity index (χ0) is 23.5. The first-order chi connectivity index (χ1) is 16.7. The third-order valence-electron chi connectivity index (χ3n) is 6.06. The predicted octanol–water partition coefficient (Wildman–Crippen LogP) is 4.60. The Hall–Kier alpha value is -4.31. The molecule has 0 bridgehead atoms. The molecule has 2 heterocycles. The van der Waals surface area contributed by atoms with Crippen LogP contribution >= 0.6 is 0 Å². The number of amides is 1. The van der Waals surface area contributed by atoms with E-state index >= 15 is 0 Å². The van der Waals surface area contributed by atoms with Gasteiger partial charge in [0.05, 0.1) is 24.3 Å². The van der Waals surface area contributed by atoms with Crippen LogP contribution in [0.15, 0.2) is 71.7 Å². The number of para-hydroxylation sites is 2. The Bertz CT molecular complexity index is 1310. The fraction of sp³-hybridized carbons (Fsp3) is 0.222. The number of nitrogens with zero attached hydrogens (tertiary/aromatic N) is 4. The van der Waals surface area contributed by atoms with Gasteiger partial charge in [-0.15, -0.1) is 0 Å². The molecule has 2 aliphatic rings. The van der Waals surface area contributed by atoms with Crippen molar-refractivity contribution in [1.82, 2.24) is 9.80 Å². The second-order valence-corrected chi connectivity index (χ2v) is 8.19. The van der Waals surface area contributed by atoms with Crippen LogP contribution in [0, 0.1) is 11.3 Å². The number of aliphatic imine (C=N–C) groups is 1. The van der Waals surface area contributed by atoms with E-state index in [1.54, 1.807) is 31.4 Å². The van der Waals surface area contributed by atoms with Gasteiger partial charge in [-0.1, -0.05) is 18.2 Å². The topological polar surface area (TPSA) is 78.2 Å². The third kappa shape index (κ3) is 4.18. The number of fused-ring (bicyclic) bond motifs is 2. The Balaban J connectivity index is 1.44. The quantitative estimate of drug-likeness (QED) is 0.568. The summed E-state index contributed by atoms with van der Waals surface area (Å²) in [7, 11) is 1.63. The minimum absolute atomic E-state index is 0.0550. The van der Waals surface area contributed by atoms with Gasteiger partial charge in [0.1, 0.15) is 23.0 Å². The summed E-state index contributed by atoms with van der Waals surface area (Å²) in [6.45, 7) is 2.59. The Morgan fingerprint density at radius 3 is 2.74 bits per heavy atom. The Labute approximate surface area is 198 Å². The fourth-order valence-corrected chi connectivity index (χ4v) is 4.31. The molecule has 3 aromatic rings. The summed E-state index contributed by atoms with van der Waals surface area (Å²) in [5.41, 5.74) is 2.68. The first kappa shape index (κ1) is 21.5. The van der Waals surface area contributed by atoms with Gasteiger partial charge >= 0.3 is 0 Å². The zero-order valence-corrected chi connectivity index (χ0v) is 18.9. The van der Waals surface area contributed by atoms with Crippen LogP contribution in [0.3, 0.4) is 0 Å². The number of carbonyl (C=O) groups excluding carboxylic acids is 1. The van der Waals surface area contributed by atoms with E-state index in [4.69, 9.17) is 14.5 Å². The normalized spacial score (nSPS) is 15.0. The first-order valence-electron chi connectivity index (χ1n) is 11.2. The number of carbonyl (C=O) groups is 1. The van der Waals surface area contributed by atoms with Crippen LogP contribution in [0.5, 0.6) is 17.2 Å². The Morgan fingerprint density at radius 1 is 1.00 bits per heavy atom. The van der Waals surface area contributed by atoms with Crippen molar-refractivity contribution in [2.24, 2.45) is 4.99 Å². The molecule has 0 saturated carbocycles. The highest BCUT2D eigenvalue weighted by Gasteiger charge is 2.27. The second kappa shape index (κ2) is 9.28. The molecule has 170 valence electrons. The van der Waals surface area contributed by atoms with Gasteiger partial charge in [-0.25, -0.2) is 4.99 Å². The summed E-state index contributed by atoms with van der Waals surface area (Å²) in [5, 5.41) is 9.17. The van der Waals surface area contributed by atoms with Crippen LogP contribution in [-0.2, 0) is 0 Å². The summed E-state index contributed by atoms with van der Waals surface area (Å²) >= 11 is 0. The molecule has 1 saturated heterocycles. The van der Waals surface area contributed by atoms with Crippen LogP contribution in [0.2, 0.25) is 0 Å². The van der Waals surface area contributed by atoms with Crippen LogP contribution < -0.4 is 9.47 Å². The van der Waals surface area contributed by atoms with Gasteiger partial charge in [-0.3, -0.25) is 4.79 Å². The maximum Gasteiger partial charge on any atom is 0.253 e. The Morgan fingerprint density at radius 2 is 1.88 bits per heavy atom. The van der Waals surface area contributed by atoms with Crippen LogP contribution in [0.25, 0.3) is 0 Å². The second-order valence-electron chi connectivity index (χ2n) is 8.19. The number of hydrogen-bond acceptors (Lipinski definition) is 6. The molecule has 0 atom stereocenters. The third-order valence-corrected chi connectivity index (χ3v) is 6.06. The van der Waals surface area contributed by atoms with Gasteiger partial charge in [-0.2, -0.15) is 5.26 Å². The number of rotatable bonds is 2. The molecular weight excluding hydrogens is 428 g/mol. The number of benzene rings is 3. The van der Waals surface area contributed by atoms with Crippen molar-refractivity contribution < 1.29 is 14.3 Å². The number of amidine groups is 1. The largest absolute Gasteiger partial charge is 0.497 e. The highest BCUT2D eigenvalue weighted by molar-refractivity contribution is 6.04. The van der Waals surface area contributed by atoms with Gasteiger partial charge in [0.25, 0.3) is 5.91 Å². The summed E-state index contributed by atoms with van der Waals surface area (Å²) < 4.78 is 11.6. The van der Waals surface area contributed by atoms with E-state index < -0.39 is 0 Å². The van der Waals surface area contributed by atoms with E-state index in [-0.39, 0.29) is 5.91 Å². The fourth-order valence-electron chi connectivity index (χ4n) is 4.31. The van der Waals surface area contributed by atoms with E-state index in [9.17, 15) is 10.1 Å². The highest BCUT2D eigenvalue weighted by Crippen LogP contribution is 2.39. The van der Waals surface area contributed by atoms with E-state index in [1.165, 1.54) is 0 Å². The molecule has 3 aromatic carbocycles. The van der Waals surface area contributed by atoms with Crippen molar-refractivity contribution in [3.63, 3.8) is 0 Å². The maximum absolute atomic E-state index is 13.1. The molecule has 5 rings (SSSR count). The summed E-state index contributed by atoms with van der Waals surface area (Å²) in [5.74, 6) is 2.86. The smallest absolute Gasteiger partial charge is 0.253 e. The molecule has 7 nitrogen and oxygen atoms in total. The van der Waals surface area contributed by atoms with Gasteiger partial charge < -0.3 is 19.3 Å². The lowest BCUT2D eigenvalue weighted by molar-refractivity contribution is 0.0764. The molecule has 7 heteroatoms. The molecule has 0 radical (unpaired) electrons. The summed E-state index contributed by atoms with van der Waals surface area (Å²) in [6.07, 6.45) is 0.802. The molecule has 1 fully saturated rings. The average Bonchev–Trinajstić information content (AvgIpc) is 3.22. The minimum Gasteiger partial charge on any atom is -0.497 e. The van der Waals surface area contributed by atoms with Crippen molar-refractivity contribution in [2.45, 2.75) is 6.42 Å². The minimum atomic E-state index is -0.0550. The van der Waals surface area contributed by atoms with Gasteiger partial charge in [0, 0.05) is 37.8 Å². The molecule has 0 unspecified atom stereocenters. The van der Waals surface area contributed by atoms with E-state index in [1.807, 2.05) is 47.4 Å². The lowest BCUT2D eigenvalue weighted by atomic mass is 10.1. The van der Waals surface area contributed by atoms with Crippen molar-refractivity contribution in [3.05, 3.63) is 83.4 Å². The van der Waals surface area contributed by atoms with E-state index in [2.05, 4.69) is 11.0 Å². The molecular formula is C27H24N4O3. The molecule has 34 heavy (non-hydrogen) atoms.